The van der Waals surface area contributed by atoms with Crippen molar-refractivity contribution in [3.05, 3.63) is 20.3 Å². The van der Waals surface area contributed by atoms with Crippen LogP contribution in [-0.2, 0) is 6.42 Å². The number of nitrogens with two attached hydrogens (primary N) is 1. The molecule has 0 aliphatic heterocycles. The van der Waals surface area contributed by atoms with Gasteiger partial charge in [-0.05, 0) is 45.8 Å². The Morgan fingerprint density at radius 1 is 1.62 bits per heavy atom. The smallest absolute Gasteiger partial charge is 0.0704 e. The Labute approximate surface area is 91.5 Å². The Balaban J connectivity index is 2.44. The molecule has 2 rings (SSSR count). The van der Waals surface area contributed by atoms with Gasteiger partial charge in [0.2, 0.25) is 0 Å². The van der Waals surface area contributed by atoms with Crippen LogP contribution in [0.3, 0.4) is 0 Å². The molecule has 2 N–H and O–H groups in total. The Hall–Kier alpha value is 0.140. The van der Waals surface area contributed by atoms with Gasteiger partial charge in [0.25, 0.3) is 0 Å². The molecule has 0 bridgehead atoms. The van der Waals surface area contributed by atoms with Gasteiger partial charge in [-0.2, -0.15) is 0 Å². The molecule has 1 aliphatic carbocycles. The molecule has 3 heteroatoms. The maximum Gasteiger partial charge on any atom is 0.0704 e. The summed E-state index contributed by atoms with van der Waals surface area (Å²) in [5, 5.41) is 0. The number of fused-ring (bicyclic) bond motifs is 1. The highest BCUT2D eigenvalue weighted by Gasteiger charge is 2.34. The van der Waals surface area contributed by atoms with E-state index in [4.69, 9.17) is 5.73 Å². The first kappa shape index (κ1) is 9.69. The fraction of sp³-hybridized carbons (Fsp3) is 0.600. The number of thiophene rings is 1. The summed E-state index contributed by atoms with van der Waals surface area (Å²) >= 11 is 5.35. The van der Waals surface area contributed by atoms with Gasteiger partial charge in [0.15, 0.2) is 0 Å². The summed E-state index contributed by atoms with van der Waals surface area (Å²) < 4.78 is 1.21. The van der Waals surface area contributed by atoms with Crippen molar-refractivity contribution in [2.45, 2.75) is 32.7 Å². The minimum atomic E-state index is 0.207. The van der Waals surface area contributed by atoms with E-state index in [1.807, 2.05) is 11.3 Å². The maximum atomic E-state index is 6.22. The summed E-state index contributed by atoms with van der Waals surface area (Å²) in [5.41, 5.74) is 7.84. The third-order valence-electron chi connectivity index (χ3n) is 2.99. The van der Waals surface area contributed by atoms with Gasteiger partial charge in [-0.25, -0.2) is 0 Å². The van der Waals surface area contributed by atoms with Crippen LogP contribution in [0.4, 0.5) is 0 Å². The highest BCUT2D eigenvalue weighted by molar-refractivity contribution is 9.11. The van der Waals surface area contributed by atoms with E-state index in [9.17, 15) is 0 Å². The van der Waals surface area contributed by atoms with Crippen molar-refractivity contribution in [1.82, 2.24) is 0 Å². The molecule has 1 aliphatic rings. The zero-order valence-corrected chi connectivity index (χ0v) is 10.3. The average molecular weight is 260 g/mol. The summed E-state index contributed by atoms with van der Waals surface area (Å²) in [6, 6.07) is 2.39. The van der Waals surface area contributed by atoms with Gasteiger partial charge in [0, 0.05) is 10.9 Å². The second kappa shape index (κ2) is 3.07. The highest BCUT2D eigenvalue weighted by Crippen LogP contribution is 2.45. The molecule has 0 saturated heterocycles. The predicted octanol–water partition coefficient (Wildman–Crippen LogP) is 3.48. The van der Waals surface area contributed by atoms with Gasteiger partial charge in [0.1, 0.15) is 0 Å². The molecule has 0 radical (unpaired) electrons. The third-order valence-corrected chi connectivity index (χ3v) is 4.70. The minimum absolute atomic E-state index is 0.207. The number of hydrogen-bond donors (Lipinski definition) is 1. The van der Waals surface area contributed by atoms with Crippen LogP contribution in [0.2, 0.25) is 0 Å². The van der Waals surface area contributed by atoms with E-state index in [2.05, 4.69) is 35.8 Å². The Morgan fingerprint density at radius 3 is 3.00 bits per heavy atom. The molecule has 0 fully saturated rings. The fourth-order valence-electron chi connectivity index (χ4n) is 1.88. The van der Waals surface area contributed by atoms with Gasteiger partial charge in [-0.15, -0.1) is 11.3 Å². The molecule has 0 spiro atoms. The lowest BCUT2D eigenvalue weighted by atomic mass is 9.73. The first-order chi connectivity index (χ1) is 6.00. The van der Waals surface area contributed by atoms with Crippen molar-refractivity contribution in [2.75, 3.05) is 0 Å². The molecule has 13 heavy (non-hydrogen) atoms. The molecule has 0 aromatic carbocycles. The summed E-state index contributed by atoms with van der Waals surface area (Å²) in [7, 11) is 0. The molecular formula is C10H14BrNS. The lowest BCUT2D eigenvalue weighted by molar-refractivity contribution is 0.251. The van der Waals surface area contributed by atoms with Gasteiger partial charge in [-0.1, -0.05) is 13.8 Å². The topological polar surface area (TPSA) is 26.0 Å². The lowest BCUT2D eigenvalue weighted by Crippen LogP contribution is -2.33. The zero-order valence-electron chi connectivity index (χ0n) is 7.93. The molecule has 1 nitrogen and oxygen atoms in total. The van der Waals surface area contributed by atoms with Crippen LogP contribution >= 0.6 is 27.3 Å². The summed E-state index contributed by atoms with van der Waals surface area (Å²) in [4.78, 5) is 1.47. The van der Waals surface area contributed by atoms with Crippen LogP contribution < -0.4 is 5.73 Å². The molecular weight excluding hydrogens is 246 g/mol. The van der Waals surface area contributed by atoms with E-state index in [0.717, 1.165) is 0 Å². The van der Waals surface area contributed by atoms with Crippen LogP contribution in [-0.4, -0.2) is 0 Å². The molecule has 1 atom stereocenters. The van der Waals surface area contributed by atoms with Crippen molar-refractivity contribution in [3.63, 3.8) is 0 Å². The van der Waals surface area contributed by atoms with Crippen LogP contribution in [0.5, 0.6) is 0 Å². The maximum absolute atomic E-state index is 6.22. The van der Waals surface area contributed by atoms with Crippen LogP contribution in [0.25, 0.3) is 0 Å². The van der Waals surface area contributed by atoms with E-state index < -0.39 is 0 Å². The molecule has 1 aromatic rings. The van der Waals surface area contributed by atoms with Gasteiger partial charge in [-0.3, -0.25) is 0 Å². The lowest BCUT2D eigenvalue weighted by Gasteiger charge is -2.36. The zero-order chi connectivity index (χ0) is 9.64. The fourth-order valence-corrected chi connectivity index (χ4v) is 3.64. The average Bonchev–Trinajstić information content (AvgIpc) is 2.40. The van der Waals surface area contributed by atoms with Gasteiger partial charge in [0.05, 0.1) is 3.79 Å². The number of halogens is 1. The van der Waals surface area contributed by atoms with E-state index in [1.54, 1.807) is 0 Å². The van der Waals surface area contributed by atoms with Gasteiger partial charge < -0.3 is 5.73 Å². The van der Waals surface area contributed by atoms with Crippen LogP contribution in [0.15, 0.2) is 9.85 Å². The Kier molecular flexibility index (Phi) is 2.29. The van der Waals surface area contributed by atoms with Gasteiger partial charge >= 0.3 is 0 Å². The largest absolute Gasteiger partial charge is 0.323 e. The third kappa shape index (κ3) is 1.58. The molecule has 1 heterocycles. The Morgan fingerprint density at radius 2 is 2.31 bits per heavy atom. The van der Waals surface area contributed by atoms with E-state index in [-0.39, 0.29) is 11.5 Å². The van der Waals surface area contributed by atoms with E-state index in [1.165, 1.54) is 27.1 Å². The molecule has 1 unspecified atom stereocenters. The summed E-state index contributed by atoms with van der Waals surface area (Å²) in [6.07, 6.45) is 2.39. The predicted molar refractivity (Wildman–Crippen MR) is 61.0 cm³/mol. The number of aryl methyl sites for hydroxylation is 1. The second-order valence-electron chi connectivity index (χ2n) is 4.40. The number of rotatable bonds is 0. The summed E-state index contributed by atoms with van der Waals surface area (Å²) in [6.45, 7) is 4.51. The standard InChI is InChI=1S/C10H14BrNS/c1-10(2)4-3-7-6(9(10)12)5-8(11)13-7/h5,9H,3-4,12H2,1-2H3. The minimum Gasteiger partial charge on any atom is -0.323 e. The molecule has 0 saturated carbocycles. The SMILES string of the molecule is CC1(C)CCc2sc(Br)cc2C1N. The molecule has 0 amide bonds. The first-order valence-electron chi connectivity index (χ1n) is 4.54. The Bertz CT molecular complexity index is 330. The van der Waals surface area contributed by atoms with E-state index in [0.29, 0.717) is 0 Å². The quantitative estimate of drug-likeness (QED) is 0.759. The van der Waals surface area contributed by atoms with E-state index >= 15 is 0 Å². The monoisotopic (exact) mass is 259 g/mol. The number of hydrogen-bond acceptors (Lipinski definition) is 2. The normalized spacial score (nSPS) is 25.7. The van der Waals surface area contributed by atoms with Crippen molar-refractivity contribution in [1.29, 1.82) is 0 Å². The first-order valence-corrected chi connectivity index (χ1v) is 6.15. The van der Waals surface area contributed by atoms with Crippen LogP contribution in [0, 0.1) is 5.41 Å². The summed E-state index contributed by atoms with van der Waals surface area (Å²) in [5.74, 6) is 0. The highest BCUT2D eigenvalue weighted by atomic mass is 79.9. The molecule has 72 valence electrons. The second-order valence-corrected chi connectivity index (χ2v) is 6.91. The van der Waals surface area contributed by atoms with Crippen molar-refractivity contribution in [2.24, 2.45) is 11.1 Å². The van der Waals surface area contributed by atoms with Crippen molar-refractivity contribution < 1.29 is 0 Å². The van der Waals surface area contributed by atoms with Crippen LogP contribution in [0.1, 0.15) is 36.8 Å². The molecule has 1 aromatic heterocycles. The van der Waals surface area contributed by atoms with Crippen molar-refractivity contribution >= 4 is 27.3 Å². The van der Waals surface area contributed by atoms with Crippen molar-refractivity contribution in [3.8, 4) is 0 Å².